The molecule has 46 heavy (non-hydrogen) atoms. The van der Waals surface area contributed by atoms with E-state index in [1.807, 2.05) is 12.3 Å². The van der Waals surface area contributed by atoms with Crippen molar-refractivity contribution in [3.8, 4) is 11.1 Å². The lowest BCUT2D eigenvalue weighted by atomic mass is 9.80. The molecule has 1 heterocycles. The van der Waals surface area contributed by atoms with Crippen LogP contribution in [-0.2, 0) is 6.54 Å². The molecule has 0 aromatic heterocycles. The van der Waals surface area contributed by atoms with Gasteiger partial charge in [0.1, 0.15) is 0 Å². The number of hydrogen-bond donors (Lipinski definition) is 1. The van der Waals surface area contributed by atoms with Crippen LogP contribution in [0, 0.1) is 0 Å². The molecular formula is C43H35N3. The lowest BCUT2D eigenvalue weighted by molar-refractivity contribution is 0.542. The van der Waals surface area contributed by atoms with Crippen molar-refractivity contribution in [3.05, 3.63) is 181 Å². The summed E-state index contributed by atoms with van der Waals surface area (Å²) >= 11 is 0. The van der Waals surface area contributed by atoms with E-state index in [1.54, 1.807) is 0 Å². The lowest BCUT2D eigenvalue weighted by Gasteiger charge is -2.39. The Kier molecular flexibility index (Phi) is 7.07. The summed E-state index contributed by atoms with van der Waals surface area (Å²) in [5.41, 5.74) is 10.5. The van der Waals surface area contributed by atoms with Crippen LogP contribution in [0.1, 0.15) is 29.5 Å². The number of para-hydroxylation sites is 2. The molecule has 0 radical (unpaired) electrons. The van der Waals surface area contributed by atoms with Gasteiger partial charge in [0.25, 0.3) is 0 Å². The first-order valence-corrected chi connectivity index (χ1v) is 16.0. The fourth-order valence-corrected chi connectivity index (χ4v) is 7.15. The first-order valence-electron chi connectivity index (χ1n) is 16.0. The Morgan fingerprint density at radius 1 is 0.717 bits per heavy atom. The third kappa shape index (κ3) is 4.91. The quantitative estimate of drug-likeness (QED) is 0.187. The zero-order valence-corrected chi connectivity index (χ0v) is 25.8. The van der Waals surface area contributed by atoms with E-state index in [-0.39, 0.29) is 11.5 Å². The molecule has 2 atom stereocenters. The van der Waals surface area contributed by atoms with E-state index in [4.69, 9.17) is 4.99 Å². The number of hydrogen-bond acceptors (Lipinski definition) is 3. The molecule has 0 spiro atoms. The van der Waals surface area contributed by atoms with Gasteiger partial charge >= 0.3 is 0 Å². The van der Waals surface area contributed by atoms with Gasteiger partial charge in [-0.1, -0.05) is 127 Å². The predicted octanol–water partition coefficient (Wildman–Crippen LogP) is 11.0. The average molecular weight is 594 g/mol. The molecule has 0 bridgehead atoms. The maximum atomic E-state index is 4.76. The molecule has 0 amide bonds. The Morgan fingerprint density at radius 3 is 2.30 bits per heavy atom. The normalized spacial score (nSPS) is 18.2. The molecule has 0 saturated carbocycles. The molecule has 2 unspecified atom stereocenters. The molecule has 1 aliphatic heterocycles. The number of benzene rings is 6. The van der Waals surface area contributed by atoms with Gasteiger partial charge in [-0.3, -0.25) is 4.99 Å². The van der Waals surface area contributed by atoms with E-state index in [0.717, 1.165) is 16.9 Å². The number of rotatable bonds is 7. The highest BCUT2D eigenvalue weighted by Gasteiger charge is 2.46. The predicted molar refractivity (Wildman–Crippen MR) is 195 cm³/mol. The number of nitrogens with one attached hydrogen (secondary N) is 1. The summed E-state index contributed by atoms with van der Waals surface area (Å²) in [6.45, 7) is 3.01. The molecule has 2 aliphatic rings. The molecule has 1 aliphatic carbocycles. The summed E-state index contributed by atoms with van der Waals surface area (Å²) in [5, 5.41) is 6.16. The molecule has 0 saturated heterocycles. The van der Waals surface area contributed by atoms with Gasteiger partial charge in [0.2, 0.25) is 0 Å². The lowest BCUT2D eigenvalue weighted by Crippen LogP contribution is -2.41. The number of nitrogens with zero attached hydrogens (tertiary/aromatic N) is 2. The highest BCUT2D eigenvalue weighted by atomic mass is 15.2. The molecule has 8 rings (SSSR count). The van der Waals surface area contributed by atoms with Crippen LogP contribution in [0.3, 0.4) is 0 Å². The van der Waals surface area contributed by atoms with Crippen molar-refractivity contribution in [1.29, 1.82) is 0 Å². The van der Waals surface area contributed by atoms with Crippen LogP contribution in [0.4, 0.5) is 22.7 Å². The van der Waals surface area contributed by atoms with Gasteiger partial charge in [-0.25, -0.2) is 0 Å². The smallest absolute Gasteiger partial charge is 0.0712 e. The summed E-state index contributed by atoms with van der Waals surface area (Å²) in [6, 6.07) is 49.6. The fraction of sp³-hybridized carbons (Fsp3) is 0.0930. The number of anilines is 4. The van der Waals surface area contributed by atoms with Gasteiger partial charge in [-0.05, 0) is 65.4 Å². The second-order valence-electron chi connectivity index (χ2n) is 12.3. The standard InChI is InChI=1S/C43H35N3/c1-43-27-13-12-21-39(43)38-28-32(24-26-42(38)46(43)34-16-6-3-7-17-34)36-19-10-11-22-40(36)45-41-25-23-33(35-18-8-9-20-37(35)41)30-44-29-31-14-4-2-5-15-31/h2-28,30,39,45H,29H2,1H3. The number of allylic oxidation sites excluding steroid dienone is 2. The van der Waals surface area contributed by atoms with E-state index in [0.29, 0.717) is 6.54 Å². The molecule has 1 N–H and O–H groups in total. The summed E-state index contributed by atoms with van der Waals surface area (Å²) in [7, 11) is 0. The van der Waals surface area contributed by atoms with Gasteiger partial charge in [-0.2, -0.15) is 0 Å². The van der Waals surface area contributed by atoms with Crippen LogP contribution >= 0.6 is 0 Å². The van der Waals surface area contributed by atoms with Crippen LogP contribution in [0.5, 0.6) is 0 Å². The first-order chi connectivity index (χ1) is 22.7. The number of fused-ring (bicyclic) bond motifs is 4. The van der Waals surface area contributed by atoms with Crippen molar-refractivity contribution in [2.75, 3.05) is 10.2 Å². The fourth-order valence-electron chi connectivity index (χ4n) is 7.15. The highest BCUT2D eigenvalue weighted by molar-refractivity contribution is 6.06. The van der Waals surface area contributed by atoms with Gasteiger partial charge < -0.3 is 10.2 Å². The van der Waals surface area contributed by atoms with Crippen molar-refractivity contribution in [2.24, 2.45) is 4.99 Å². The Morgan fingerprint density at radius 2 is 1.46 bits per heavy atom. The minimum atomic E-state index is -0.167. The summed E-state index contributed by atoms with van der Waals surface area (Å²) in [5.74, 6) is 0.257. The summed E-state index contributed by atoms with van der Waals surface area (Å²) in [4.78, 5) is 7.26. The van der Waals surface area contributed by atoms with Crippen molar-refractivity contribution < 1.29 is 0 Å². The second-order valence-corrected chi connectivity index (χ2v) is 12.3. The van der Waals surface area contributed by atoms with E-state index >= 15 is 0 Å². The minimum absolute atomic E-state index is 0.167. The van der Waals surface area contributed by atoms with Crippen molar-refractivity contribution in [3.63, 3.8) is 0 Å². The summed E-state index contributed by atoms with van der Waals surface area (Å²) < 4.78 is 0. The molecule has 3 heteroatoms. The molecular weight excluding hydrogens is 558 g/mol. The van der Waals surface area contributed by atoms with Gasteiger partial charge in [0.05, 0.1) is 12.1 Å². The monoisotopic (exact) mass is 593 g/mol. The van der Waals surface area contributed by atoms with Gasteiger partial charge in [-0.15, -0.1) is 0 Å². The Balaban J connectivity index is 1.14. The molecule has 3 nitrogen and oxygen atoms in total. The Labute approximate surface area is 270 Å². The summed E-state index contributed by atoms with van der Waals surface area (Å²) in [6.07, 6.45) is 11.1. The van der Waals surface area contributed by atoms with Crippen molar-refractivity contribution in [1.82, 2.24) is 0 Å². The third-order valence-electron chi connectivity index (χ3n) is 9.39. The Hall–Kier alpha value is -5.67. The molecule has 222 valence electrons. The van der Waals surface area contributed by atoms with Crippen molar-refractivity contribution >= 4 is 39.7 Å². The average Bonchev–Trinajstić information content (AvgIpc) is 3.37. The van der Waals surface area contributed by atoms with Crippen LogP contribution in [-0.4, -0.2) is 11.8 Å². The second kappa shape index (κ2) is 11.7. The SMILES string of the molecule is CC12C=CC=CC1c1cc(-c3ccccc3Nc3ccc(C=NCc4ccccc4)c4ccccc34)ccc1N2c1ccccc1. The van der Waals surface area contributed by atoms with E-state index in [9.17, 15) is 0 Å². The molecule has 0 fully saturated rings. The number of aliphatic imine (C=N–C) groups is 1. The zero-order valence-electron chi connectivity index (χ0n) is 25.8. The minimum Gasteiger partial charge on any atom is -0.355 e. The zero-order chi connectivity index (χ0) is 30.9. The van der Waals surface area contributed by atoms with Crippen LogP contribution in [0.15, 0.2) is 169 Å². The highest BCUT2D eigenvalue weighted by Crippen LogP contribution is 2.54. The van der Waals surface area contributed by atoms with Crippen LogP contribution in [0.25, 0.3) is 21.9 Å². The van der Waals surface area contributed by atoms with Gasteiger partial charge in [0, 0.05) is 51.4 Å². The topological polar surface area (TPSA) is 27.6 Å². The van der Waals surface area contributed by atoms with Crippen molar-refractivity contribution in [2.45, 2.75) is 24.9 Å². The van der Waals surface area contributed by atoms with Crippen LogP contribution < -0.4 is 10.2 Å². The Bertz CT molecular complexity index is 2130. The van der Waals surface area contributed by atoms with Gasteiger partial charge in [0.15, 0.2) is 0 Å². The third-order valence-corrected chi connectivity index (χ3v) is 9.39. The maximum Gasteiger partial charge on any atom is 0.0712 e. The van der Waals surface area contributed by atoms with E-state index in [2.05, 4.69) is 175 Å². The van der Waals surface area contributed by atoms with E-state index < -0.39 is 0 Å². The largest absolute Gasteiger partial charge is 0.355 e. The van der Waals surface area contributed by atoms with E-state index in [1.165, 1.54) is 44.4 Å². The first kappa shape index (κ1) is 27.8. The molecule has 6 aromatic carbocycles. The van der Waals surface area contributed by atoms with Crippen LogP contribution in [0.2, 0.25) is 0 Å². The maximum absolute atomic E-state index is 4.76. The molecule has 6 aromatic rings.